The maximum Gasteiger partial charge on any atom is 0.306 e. The Morgan fingerprint density at radius 3 is 2.83 bits per heavy atom. The average Bonchev–Trinajstić information content (AvgIpc) is 2.78. The van der Waals surface area contributed by atoms with Crippen LogP contribution in [0.3, 0.4) is 0 Å². The van der Waals surface area contributed by atoms with Crippen LogP contribution in [0.25, 0.3) is 0 Å². The van der Waals surface area contributed by atoms with Crippen molar-refractivity contribution in [3.63, 3.8) is 0 Å². The van der Waals surface area contributed by atoms with E-state index in [1.165, 1.54) is 12.3 Å². The van der Waals surface area contributed by atoms with Crippen molar-refractivity contribution < 1.29 is 19.1 Å². The summed E-state index contributed by atoms with van der Waals surface area (Å²) in [5, 5.41) is 11.5. The predicted molar refractivity (Wildman–Crippen MR) is 60.4 cm³/mol. The summed E-state index contributed by atoms with van der Waals surface area (Å²) in [5.74, 6) is -2.46. The molecule has 96 valence electrons. The highest BCUT2D eigenvalue weighted by molar-refractivity contribution is 5.94. The van der Waals surface area contributed by atoms with Crippen LogP contribution in [0.2, 0.25) is 0 Å². The van der Waals surface area contributed by atoms with E-state index in [0.29, 0.717) is 19.3 Å². The van der Waals surface area contributed by atoms with Gasteiger partial charge in [-0.05, 0) is 25.3 Å². The van der Waals surface area contributed by atoms with Crippen LogP contribution < -0.4 is 5.32 Å². The summed E-state index contributed by atoms with van der Waals surface area (Å²) >= 11 is 0. The number of carboxylic acid groups (broad SMARTS) is 1. The Balaban J connectivity index is 1.97. The fraction of sp³-hybridized carbons (Fsp3) is 0.417. The lowest BCUT2D eigenvalue weighted by molar-refractivity contribution is -0.141. The second kappa shape index (κ2) is 5.12. The van der Waals surface area contributed by atoms with Gasteiger partial charge in [0.15, 0.2) is 5.82 Å². The van der Waals surface area contributed by atoms with Crippen LogP contribution in [0.15, 0.2) is 18.5 Å². The molecule has 2 rings (SSSR count). The highest BCUT2D eigenvalue weighted by Crippen LogP contribution is 2.25. The molecule has 1 heterocycles. The van der Waals surface area contributed by atoms with Crippen molar-refractivity contribution >= 4 is 11.9 Å². The summed E-state index contributed by atoms with van der Waals surface area (Å²) < 4.78 is 13.3. The van der Waals surface area contributed by atoms with E-state index in [9.17, 15) is 14.0 Å². The number of aliphatic carboxylic acids is 1. The molecular formula is C12H13FN2O3. The molecule has 1 saturated carbocycles. The summed E-state index contributed by atoms with van der Waals surface area (Å²) in [7, 11) is 0. The number of aromatic nitrogens is 1. The number of carbonyl (C=O) groups excluding carboxylic acids is 1. The minimum absolute atomic E-state index is 0.0659. The van der Waals surface area contributed by atoms with E-state index >= 15 is 0 Å². The fourth-order valence-corrected chi connectivity index (χ4v) is 2.16. The highest BCUT2D eigenvalue weighted by Gasteiger charge is 2.30. The van der Waals surface area contributed by atoms with E-state index in [0.717, 1.165) is 6.20 Å². The summed E-state index contributed by atoms with van der Waals surface area (Å²) in [6, 6.07) is 1.10. The Labute approximate surface area is 103 Å². The van der Waals surface area contributed by atoms with Crippen molar-refractivity contribution in [1.29, 1.82) is 0 Å². The van der Waals surface area contributed by atoms with Crippen LogP contribution in [0.1, 0.15) is 29.6 Å². The van der Waals surface area contributed by atoms with E-state index in [2.05, 4.69) is 10.3 Å². The molecule has 1 aliphatic carbocycles. The molecule has 0 radical (unpaired) electrons. The van der Waals surface area contributed by atoms with Gasteiger partial charge in [-0.2, -0.15) is 0 Å². The molecule has 0 aromatic carbocycles. The van der Waals surface area contributed by atoms with Crippen LogP contribution in [0.5, 0.6) is 0 Å². The topological polar surface area (TPSA) is 79.3 Å². The largest absolute Gasteiger partial charge is 0.481 e. The van der Waals surface area contributed by atoms with Crippen LogP contribution in [0.4, 0.5) is 4.39 Å². The van der Waals surface area contributed by atoms with Crippen molar-refractivity contribution in [1.82, 2.24) is 10.3 Å². The molecule has 1 aromatic rings. The van der Waals surface area contributed by atoms with Gasteiger partial charge in [0.2, 0.25) is 0 Å². The minimum Gasteiger partial charge on any atom is -0.481 e. The van der Waals surface area contributed by atoms with Gasteiger partial charge in [-0.1, -0.05) is 0 Å². The lowest BCUT2D eigenvalue weighted by Crippen LogP contribution is -2.33. The van der Waals surface area contributed by atoms with Gasteiger partial charge >= 0.3 is 5.97 Å². The first-order valence-corrected chi connectivity index (χ1v) is 5.71. The highest BCUT2D eigenvalue weighted by atomic mass is 19.1. The Hall–Kier alpha value is -1.98. The van der Waals surface area contributed by atoms with Gasteiger partial charge in [0.1, 0.15) is 0 Å². The second-order valence-electron chi connectivity index (χ2n) is 4.37. The molecule has 1 fully saturated rings. The summed E-state index contributed by atoms with van der Waals surface area (Å²) in [6.45, 7) is 0. The number of nitrogens with one attached hydrogen (secondary N) is 1. The third kappa shape index (κ3) is 2.64. The normalized spacial score (nSPS) is 22.7. The lowest BCUT2D eigenvalue weighted by Gasteiger charge is -2.12. The molecule has 0 unspecified atom stereocenters. The molecular weight excluding hydrogens is 239 g/mol. The average molecular weight is 252 g/mol. The number of carbonyl (C=O) groups is 2. The summed E-state index contributed by atoms with van der Waals surface area (Å²) in [6.07, 6.45) is 3.86. The number of rotatable bonds is 3. The molecule has 0 aliphatic heterocycles. The zero-order valence-electron chi connectivity index (χ0n) is 9.60. The molecule has 1 aromatic heterocycles. The van der Waals surface area contributed by atoms with Crippen LogP contribution in [-0.2, 0) is 4.79 Å². The van der Waals surface area contributed by atoms with E-state index in [-0.39, 0.29) is 11.6 Å². The maximum atomic E-state index is 13.3. The number of nitrogens with zero attached hydrogens (tertiary/aromatic N) is 1. The number of carboxylic acids is 1. The first kappa shape index (κ1) is 12.5. The van der Waals surface area contributed by atoms with Crippen molar-refractivity contribution in [2.24, 2.45) is 5.92 Å². The third-order valence-corrected chi connectivity index (χ3v) is 3.13. The van der Waals surface area contributed by atoms with E-state index in [4.69, 9.17) is 5.11 Å². The molecule has 1 aliphatic rings. The van der Waals surface area contributed by atoms with Gasteiger partial charge in [0.05, 0.1) is 17.7 Å². The standard InChI is InChI=1S/C12H13FN2O3/c13-10-6-14-4-3-9(10)11(16)15-8-2-1-7(5-8)12(17)18/h3-4,6-8H,1-2,5H2,(H,15,16)(H,17,18)/t7-,8+/m1/s1. The van der Waals surface area contributed by atoms with Crippen molar-refractivity contribution in [3.05, 3.63) is 29.8 Å². The molecule has 2 atom stereocenters. The van der Waals surface area contributed by atoms with E-state index < -0.39 is 23.6 Å². The SMILES string of the molecule is O=C(N[C@H]1CC[C@@H](C(=O)O)C1)c1ccncc1F. The lowest BCUT2D eigenvalue weighted by atomic mass is 10.1. The molecule has 5 nitrogen and oxygen atoms in total. The molecule has 1 amide bonds. The number of pyridine rings is 1. The third-order valence-electron chi connectivity index (χ3n) is 3.13. The minimum atomic E-state index is -0.846. The molecule has 18 heavy (non-hydrogen) atoms. The van der Waals surface area contributed by atoms with Crippen LogP contribution in [0, 0.1) is 11.7 Å². The first-order chi connectivity index (χ1) is 8.58. The fourth-order valence-electron chi connectivity index (χ4n) is 2.16. The van der Waals surface area contributed by atoms with Gasteiger partial charge in [0.25, 0.3) is 5.91 Å². The van der Waals surface area contributed by atoms with Crippen molar-refractivity contribution in [3.8, 4) is 0 Å². The Bertz CT molecular complexity index is 478. The van der Waals surface area contributed by atoms with Gasteiger partial charge in [-0.15, -0.1) is 0 Å². The molecule has 0 saturated heterocycles. The number of hydrogen-bond donors (Lipinski definition) is 2. The van der Waals surface area contributed by atoms with Crippen molar-refractivity contribution in [2.75, 3.05) is 0 Å². The number of hydrogen-bond acceptors (Lipinski definition) is 3. The van der Waals surface area contributed by atoms with Crippen molar-refractivity contribution in [2.45, 2.75) is 25.3 Å². The van der Waals surface area contributed by atoms with E-state index in [1.807, 2.05) is 0 Å². The molecule has 2 N–H and O–H groups in total. The second-order valence-corrected chi connectivity index (χ2v) is 4.37. The Morgan fingerprint density at radius 1 is 1.44 bits per heavy atom. The summed E-state index contributed by atoms with van der Waals surface area (Å²) in [5.41, 5.74) is -0.0659. The predicted octanol–water partition coefficient (Wildman–Crippen LogP) is 1.20. The monoisotopic (exact) mass is 252 g/mol. The molecule has 0 bridgehead atoms. The van der Waals surface area contributed by atoms with Gasteiger partial charge in [0, 0.05) is 12.2 Å². The van der Waals surface area contributed by atoms with Gasteiger partial charge in [-0.25, -0.2) is 4.39 Å². The smallest absolute Gasteiger partial charge is 0.306 e. The zero-order chi connectivity index (χ0) is 13.1. The molecule has 6 heteroatoms. The Morgan fingerprint density at radius 2 is 2.22 bits per heavy atom. The molecule has 0 spiro atoms. The maximum absolute atomic E-state index is 13.3. The van der Waals surface area contributed by atoms with Gasteiger partial charge < -0.3 is 10.4 Å². The quantitative estimate of drug-likeness (QED) is 0.847. The van der Waals surface area contributed by atoms with E-state index in [1.54, 1.807) is 0 Å². The van der Waals surface area contributed by atoms with Crippen LogP contribution >= 0.6 is 0 Å². The Kier molecular flexibility index (Phi) is 3.55. The summed E-state index contributed by atoms with van der Waals surface area (Å²) in [4.78, 5) is 26.1. The first-order valence-electron chi connectivity index (χ1n) is 5.71. The van der Waals surface area contributed by atoms with Crippen LogP contribution in [-0.4, -0.2) is 28.0 Å². The van der Waals surface area contributed by atoms with Gasteiger partial charge in [-0.3, -0.25) is 14.6 Å². The zero-order valence-corrected chi connectivity index (χ0v) is 9.60. The number of halogens is 1. The number of amides is 1.